The predicted octanol–water partition coefficient (Wildman–Crippen LogP) is 12.9. The van der Waals surface area contributed by atoms with E-state index < -0.39 is 0 Å². The molecule has 0 aliphatic carbocycles. The highest BCUT2D eigenvalue weighted by molar-refractivity contribution is 6.20. The second-order valence-electron chi connectivity index (χ2n) is 12.1. The minimum absolute atomic E-state index is 0.849. The van der Waals surface area contributed by atoms with E-state index in [4.69, 9.17) is 8.83 Å². The highest BCUT2D eigenvalue weighted by atomic mass is 16.3. The Hall–Kier alpha value is -6.32. The van der Waals surface area contributed by atoms with Crippen LogP contribution in [0, 0.1) is 0 Å². The molecule has 0 N–H and O–H groups in total. The van der Waals surface area contributed by atoms with Crippen molar-refractivity contribution in [2.75, 3.05) is 4.90 Å². The molecule has 10 aromatic rings. The number of hydrogen-bond donors (Lipinski definition) is 0. The topological polar surface area (TPSA) is 29.5 Å². The number of furan rings is 2. The van der Waals surface area contributed by atoms with Crippen molar-refractivity contribution in [1.82, 2.24) is 0 Å². The smallest absolute Gasteiger partial charge is 0.159 e. The third-order valence-corrected chi connectivity index (χ3v) is 9.46. The van der Waals surface area contributed by atoms with E-state index in [9.17, 15) is 0 Å². The molecule has 2 aromatic heterocycles. The Morgan fingerprint density at radius 1 is 0.362 bits per heavy atom. The van der Waals surface area contributed by atoms with Crippen molar-refractivity contribution in [3.8, 4) is 11.1 Å². The Morgan fingerprint density at radius 2 is 0.979 bits per heavy atom. The molecule has 0 atom stereocenters. The molecular weight excluding hydrogens is 574 g/mol. The molecule has 0 aliphatic heterocycles. The summed E-state index contributed by atoms with van der Waals surface area (Å²) in [7, 11) is 0. The molecule has 47 heavy (non-hydrogen) atoms. The second kappa shape index (κ2) is 10.1. The molecule has 0 saturated heterocycles. The van der Waals surface area contributed by atoms with Gasteiger partial charge < -0.3 is 13.7 Å². The van der Waals surface area contributed by atoms with Crippen LogP contribution < -0.4 is 4.90 Å². The van der Waals surface area contributed by atoms with Crippen molar-refractivity contribution < 1.29 is 8.83 Å². The zero-order valence-corrected chi connectivity index (χ0v) is 25.4. The van der Waals surface area contributed by atoms with Crippen LogP contribution in [-0.4, -0.2) is 0 Å². The number of rotatable bonds is 4. The van der Waals surface area contributed by atoms with Crippen molar-refractivity contribution >= 4 is 82.5 Å². The minimum Gasteiger partial charge on any atom is -0.455 e. The molecule has 3 nitrogen and oxygen atoms in total. The third-order valence-electron chi connectivity index (χ3n) is 9.46. The summed E-state index contributed by atoms with van der Waals surface area (Å²) in [5.41, 5.74) is 8.90. The Bertz CT molecular complexity index is 2800. The van der Waals surface area contributed by atoms with Crippen LogP contribution in [0.5, 0.6) is 0 Å². The fraction of sp³-hybridized carbons (Fsp3) is 0. The van der Waals surface area contributed by atoms with E-state index in [1.165, 1.54) is 21.9 Å². The first-order valence-electron chi connectivity index (χ1n) is 15.9. The van der Waals surface area contributed by atoms with Gasteiger partial charge >= 0.3 is 0 Å². The summed E-state index contributed by atoms with van der Waals surface area (Å²) in [6.45, 7) is 0. The van der Waals surface area contributed by atoms with E-state index in [1.54, 1.807) is 0 Å². The molecule has 0 spiro atoms. The van der Waals surface area contributed by atoms with E-state index in [2.05, 4.69) is 157 Å². The highest BCUT2D eigenvalue weighted by Gasteiger charge is 2.23. The maximum atomic E-state index is 6.63. The van der Waals surface area contributed by atoms with Crippen LogP contribution >= 0.6 is 0 Å². The van der Waals surface area contributed by atoms with Gasteiger partial charge in [0.15, 0.2) is 5.58 Å². The highest BCUT2D eigenvalue weighted by Crippen LogP contribution is 2.47. The molecule has 0 saturated carbocycles. The molecule has 0 unspecified atom stereocenters. The first kappa shape index (κ1) is 26.0. The van der Waals surface area contributed by atoms with Gasteiger partial charge in [-0.25, -0.2) is 0 Å². The van der Waals surface area contributed by atoms with Crippen molar-refractivity contribution in [2.45, 2.75) is 0 Å². The Kier molecular flexibility index (Phi) is 5.57. The van der Waals surface area contributed by atoms with Gasteiger partial charge in [-0.15, -0.1) is 0 Å². The van der Waals surface area contributed by atoms with E-state index >= 15 is 0 Å². The molecule has 0 amide bonds. The SMILES string of the molecule is c1ccc2c(-c3ccc(N(c4cccc5c4oc4ccccc45)c4cccc5oc6c7ccccc7ccc6c45)cc3)cccc2c1. The summed E-state index contributed by atoms with van der Waals surface area (Å²) in [5, 5.41) is 9.10. The molecule has 0 bridgehead atoms. The van der Waals surface area contributed by atoms with Gasteiger partial charge in [-0.1, -0.05) is 121 Å². The first-order chi connectivity index (χ1) is 23.3. The normalized spacial score (nSPS) is 11.8. The minimum atomic E-state index is 0.849. The monoisotopic (exact) mass is 601 g/mol. The van der Waals surface area contributed by atoms with E-state index in [1.807, 2.05) is 12.1 Å². The van der Waals surface area contributed by atoms with Gasteiger partial charge in [0.1, 0.15) is 16.7 Å². The summed E-state index contributed by atoms with van der Waals surface area (Å²) in [6.07, 6.45) is 0. The summed E-state index contributed by atoms with van der Waals surface area (Å²) >= 11 is 0. The molecule has 8 aromatic carbocycles. The maximum Gasteiger partial charge on any atom is 0.159 e. The summed E-state index contributed by atoms with van der Waals surface area (Å²) < 4.78 is 13.3. The van der Waals surface area contributed by atoms with Gasteiger partial charge in [0.2, 0.25) is 0 Å². The lowest BCUT2D eigenvalue weighted by molar-refractivity contribution is 0.669. The largest absolute Gasteiger partial charge is 0.455 e. The standard InChI is InChI=1S/C44H27NO2/c1-3-13-32-28(10-1)12-7-16-33(32)30-22-25-31(26-23-30)45(39-19-8-17-36-35-15-5-6-20-40(35)46-44(36)39)38-18-9-21-41-42(38)37-27-24-29-11-2-4-14-34(29)43(37)47-41/h1-27H. The van der Waals surface area contributed by atoms with Gasteiger partial charge in [0.25, 0.3) is 0 Å². The fourth-order valence-electron chi connectivity index (χ4n) is 7.30. The fourth-order valence-corrected chi connectivity index (χ4v) is 7.30. The third kappa shape index (κ3) is 3.93. The van der Waals surface area contributed by atoms with Crippen LogP contribution in [0.15, 0.2) is 173 Å². The molecule has 0 radical (unpaired) electrons. The van der Waals surface area contributed by atoms with E-state index in [-0.39, 0.29) is 0 Å². The van der Waals surface area contributed by atoms with Crippen LogP contribution in [0.4, 0.5) is 17.1 Å². The molecule has 0 fully saturated rings. The number of para-hydroxylation sites is 2. The summed E-state index contributed by atoms with van der Waals surface area (Å²) in [4.78, 5) is 2.32. The lowest BCUT2D eigenvalue weighted by atomic mass is 9.98. The van der Waals surface area contributed by atoms with Crippen LogP contribution in [0.1, 0.15) is 0 Å². The zero-order valence-electron chi connectivity index (χ0n) is 25.4. The van der Waals surface area contributed by atoms with Crippen LogP contribution in [-0.2, 0) is 0 Å². The molecule has 0 aliphatic rings. The zero-order chi connectivity index (χ0) is 30.9. The number of fused-ring (bicyclic) bond motifs is 9. The van der Waals surface area contributed by atoms with Gasteiger partial charge in [-0.2, -0.15) is 0 Å². The van der Waals surface area contributed by atoms with Crippen molar-refractivity contribution in [3.05, 3.63) is 164 Å². The number of benzene rings is 8. The summed E-state index contributed by atoms with van der Waals surface area (Å²) in [6, 6.07) is 57.8. The van der Waals surface area contributed by atoms with Crippen LogP contribution in [0.2, 0.25) is 0 Å². The average Bonchev–Trinajstić information content (AvgIpc) is 3.72. The Morgan fingerprint density at radius 3 is 1.85 bits per heavy atom. The second-order valence-corrected chi connectivity index (χ2v) is 12.1. The maximum absolute atomic E-state index is 6.63. The first-order valence-corrected chi connectivity index (χ1v) is 15.9. The van der Waals surface area contributed by atoms with Gasteiger partial charge in [0.05, 0.1) is 16.8 Å². The van der Waals surface area contributed by atoms with Gasteiger partial charge in [-0.3, -0.25) is 0 Å². The van der Waals surface area contributed by atoms with Gasteiger partial charge in [-0.05, 0) is 69.8 Å². The predicted molar refractivity (Wildman–Crippen MR) is 196 cm³/mol. The van der Waals surface area contributed by atoms with Crippen molar-refractivity contribution in [2.24, 2.45) is 0 Å². The molecular formula is C44H27NO2. The van der Waals surface area contributed by atoms with Crippen LogP contribution in [0.3, 0.4) is 0 Å². The van der Waals surface area contributed by atoms with Gasteiger partial charge in [0, 0.05) is 27.2 Å². The van der Waals surface area contributed by atoms with E-state index in [0.29, 0.717) is 0 Å². The Labute approximate surface area is 270 Å². The quantitative estimate of drug-likeness (QED) is 0.201. The Balaban J connectivity index is 1.24. The molecule has 3 heteroatoms. The molecule has 2 heterocycles. The molecule has 10 rings (SSSR count). The van der Waals surface area contributed by atoms with Crippen molar-refractivity contribution in [1.29, 1.82) is 0 Å². The lowest BCUT2D eigenvalue weighted by Crippen LogP contribution is -2.10. The number of anilines is 3. The lowest BCUT2D eigenvalue weighted by Gasteiger charge is -2.26. The van der Waals surface area contributed by atoms with E-state index in [0.717, 1.165) is 71.7 Å². The average molecular weight is 602 g/mol. The number of nitrogens with zero attached hydrogens (tertiary/aromatic N) is 1. The number of hydrogen-bond acceptors (Lipinski definition) is 3. The van der Waals surface area contributed by atoms with Crippen LogP contribution in [0.25, 0.3) is 76.5 Å². The summed E-state index contributed by atoms with van der Waals surface area (Å²) in [5.74, 6) is 0. The van der Waals surface area contributed by atoms with Crippen molar-refractivity contribution in [3.63, 3.8) is 0 Å². The molecule has 220 valence electrons.